The third kappa shape index (κ3) is 6.08. The van der Waals surface area contributed by atoms with Crippen molar-refractivity contribution in [2.45, 2.75) is 18.7 Å². The summed E-state index contributed by atoms with van der Waals surface area (Å²) in [6, 6.07) is 24.3. The van der Waals surface area contributed by atoms with Crippen LogP contribution in [0, 0.1) is 6.92 Å². The Bertz CT molecular complexity index is 1260. The number of nitrogens with zero attached hydrogens (tertiary/aromatic N) is 2. The Labute approximate surface area is 195 Å². The van der Waals surface area contributed by atoms with Crippen molar-refractivity contribution in [2.24, 2.45) is 0 Å². The van der Waals surface area contributed by atoms with E-state index < -0.39 is 0 Å². The van der Waals surface area contributed by atoms with E-state index in [-0.39, 0.29) is 17.6 Å². The van der Waals surface area contributed by atoms with Gasteiger partial charge in [-0.1, -0.05) is 71.9 Å². The molecule has 7 nitrogen and oxygen atoms in total. The molecule has 0 saturated carbocycles. The molecule has 0 radical (unpaired) electrons. The van der Waals surface area contributed by atoms with Gasteiger partial charge < -0.3 is 15.1 Å². The molecule has 4 aromatic rings. The predicted octanol–water partition coefficient (Wildman–Crippen LogP) is 4.71. The molecular formula is C25H22N4O3S. The van der Waals surface area contributed by atoms with Gasteiger partial charge in [-0.2, -0.15) is 0 Å². The summed E-state index contributed by atoms with van der Waals surface area (Å²) in [7, 11) is 0. The Hall–Kier alpha value is -3.91. The van der Waals surface area contributed by atoms with E-state index in [1.54, 1.807) is 24.3 Å². The van der Waals surface area contributed by atoms with Crippen molar-refractivity contribution in [1.82, 2.24) is 15.5 Å². The van der Waals surface area contributed by atoms with Gasteiger partial charge in [-0.25, -0.2) is 0 Å². The quantitative estimate of drug-likeness (QED) is 0.371. The van der Waals surface area contributed by atoms with Crippen molar-refractivity contribution in [2.75, 3.05) is 11.1 Å². The molecule has 0 bridgehead atoms. The van der Waals surface area contributed by atoms with Crippen LogP contribution in [0.5, 0.6) is 0 Å². The van der Waals surface area contributed by atoms with Crippen molar-refractivity contribution in [3.63, 3.8) is 0 Å². The molecule has 0 fully saturated rings. The number of aryl methyl sites for hydroxylation is 1. The predicted molar refractivity (Wildman–Crippen MR) is 128 cm³/mol. The summed E-state index contributed by atoms with van der Waals surface area (Å²) in [5.74, 6) is -0.0714. The minimum absolute atomic E-state index is 0.0649. The largest absolute Gasteiger partial charge is 0.411 e. The topological polar surface area (TPSA) is 97.1 Å². The second-order valence-corrected chi connectivity index (χ2v) is 8.22. The number of carbonyl (C=O) groups is 2. The maximum absolute atomic E-state index is 12.7. The van der Waals surface area contributed by atoms with Gasteiger partial charge in [0.25, 0.3) is 11.1 Å². The van der Waals surface area contributed by atoms with Crippen LogP contribution in [0.1, 0.15) is 21.5 Å². The number of anilines is 1. The number of hydrogen-bond donors (Lipinski definition) is 2. The van der Waals surface area contributed by atoms with E-state index in [4.69, 9.17) is 4.42 Å². The van der Waals surface area contributed by atoms with Crippen molar-refractivity contribution in [3.8, 4) is 11.5 Å². The van der Waals surface area contributed by atoms with Crippen LogP contribution in [0.25, 0.3) is 11.5 Å². The summed E-state index contributed by atoms with van der Waals surface area (Å²) >= 11 is 1.14. The zero-order valence-electron chi connectivity index (χ0n) is 17.9. The third-order valence-electron chi connectivity index (χ3n) is 4.74. The smallest absolute Gasteiger partial charge is 0.277 e. The third-order valence-corrected chi connectivity index (χ3v) is 5.56. The van der Waals surface area contributed by atoms with Gasteiger partial charge in [0.05, 0.1) is 17.0 Å². The van der Waals surface area contributed by atoms with Crippen LogP contribution in [0.15, 0.2) is 88.5 Å². The van der Waals surface area contributed by atoms with Gasteiger partial charge in [0.15, 0.2) is 0 Å². The summed E-state index contributed by atoms with van der Waals surface area (Å²) < 4.78 is 5.66. The van der Waals surface area contributed by atoms with Gasteiger partial charge in [0.1, 0.15) is 0 Å². The van der Waals surface area contributed by atoms with E-state index in [2.05, 4.69) is 20.8 Å². The average Bonchev–Trinajstić information content (AvgIpc) is 3.31. The highest BCUT2D eigenvalue weighted by molar-refractivity contribution is 7.99. The van der Waals surface area contributed by atoms with Gasteiger partial charge in [0, 0.05) is 12.1 Å². The summed E-state index contributed by atoms with van der Waals surface area (Å²) in [6.45, 7) is 2.39. The first-order valence-corrected chi connectivity index (χ1v) is 11.3. The second kappa shape index (κ2) is 10.6. The molecule has 0 aliphatic rings. The molecule has 0 spiro atoms. The minimum Gasteiger partial charge on any atom is -0.411 e. The zero-order chi connectivity index (χ0) is 23.0. The van der Waals surface area contributed by atoms with Crippen molar-refractivity contribution < 1.29 is 14.0 Å². The number of aromatic nitrogens is 2. The molecule has 1 heterocycles. The molecule has 1 aromatic heterocycles. The Morgan fingerprint density at radius 2 is 1.73 bits per heavy atom. The van der Waals surface area contributed by atoms with E-state index in [1.807, 2.05) is 61.5 Å². The van der Waals surface area contributed by atoms with Crippen LogP contribution in [-0.2, 0) is 11.3 Å². The molecule has 0 saturated heterocycles. The van der Waals surface area contributed by atoms with Crippen LogP contribution in [0.3, 0.4) is 0 Å². The van der Waals surface area contributed by atoms with Crippen molar-refractivity contribution >= 4 is 29.3 Å². The van der Waals surface area contributed by atoms with Gasteiger partial charge in [-0.3, -0.25) is 9.59 Å². The summed E-state index contributed by atoms with van der Waals surface area (Å²) in [4.78, 5) is 25.2. The summed E-state index contributed by atoms with van der Waals surface area (Å²) in [5.41, 5.74) is 3.75. The number of thioether (sulfide) groups is 1. The van der Waals surface area contributed by atoms with E-state index >= 15 is 0 Å². The molecule has 33 heavy (non-hydrogen) atoms. The monoisotopic (exact) mass is 458 g/mol. The molecule has 0 aliphatic heterocycles. The van der Waals surface area contributed by atoms with Crippen LogP contribution in [-0.4, -0.2) is 27.8 Å². The lowest BCUT2D eigenvalue weighted by atomic mass is 10.1. The standard InChI is InChI=1S/C25H22N4O3S/c1-17-8-7-11-19(14-17)24-28-29-25(32-24)33-16-22(30)27-21-13-6-5-12-20(21)23(31)26-15-18-9-3-2-4-10-18/h2-14H,15-16H2,1H3,(H,26,31)(H,27,30). The lowest BCUT2D eigenvalue weighted by Gasteiger charge is -2.11. The number of benzene rings is 3. The van der Waals surface area contributed by atoms with Crippen molar-refractivity contribution in [1.29, 1.82) is 0 Å². The van der Waals surface area contributed by atoms with E-state index in [0.29, 0.717) is 28.9 Å². The molecule has 0 atom stereocenters. The molecule has 4 rings (SSSR count). The highest BCUT2D eigenvalue weighted by atomic mass is 32.2. The maximum atomic E-state index is 12.7. The Balaban J connectivity index is 1.34. The van der Waals surface area contributed by atoms with Crippen LogP contribution in [0.2, 0.25) is 0 Å². The number of para-hydroxylation sites is 1. The Morgan fingerprint density at radius 1 is 0.939 bits per heavy atom. The second-order valence-electron chi connectivity index (χ2n) is 7.29. The fourth-order valence-electron chi connectivity index (χ4n) is 3.14. The average molecular weight is 459 g/mol. The van der Waals surface area contributed by atoms with Gasteiger partial charge >= 0.3 is 0 Å². The molecule has 0 unspecified atom stereocenters. The molecule has 166 valence electrons. The molecule has 8 heteroatoms. The molecule has 0 aliphatic carbocycles. The van der Waals surface area contributed by atoms with Crippen LogP contribution >= 0.6 is 11.8 Å². The fourth-order valence-corrected chi connectivity index (χ4v) is 3.70. The number of hydrogen-bond acceptors (Lipinski definition) is 6. The van der Waals surface area contributed by atoms with Crippen molar-refractivity contribution in [3.05, 3.63) is 95.6 Å². The lowest BCUT2D eigenvalue weighted by Crippen LogP contribution is -2.25. The highest BCUT2D eigenvalue weighted by Gasteiger charge is 2.15. The summed E-state index contributed by atoms with van der Waals surface area (Å²) in [6.07, 6.45) is 0. The van der Waals surface area contributed by atoms with E-state index in [1.165, 1.54) is 0 Å². The Kier molecular flexibility index (Phi) is 7.16. The maximum Gasteiger partial charge on any atom is 0.277 e. The first-order chi connectivity index (χ1) is 16.1. The molecular weight excluding hydrogens is 436 g/mol. The number of rotatable bonds is 8. The van der Waals surface area contributed by atoms with Crippen LogP contribution < -0.4 is 10.6 Å². The molecule has 3 aromatic carbocycles. The fraction of sp³-hybridized carbons (Fsp3) is 0.120. The first-order valence-electron chi connectivity index (χ1n) is 10.3. The van der Waals surface area contributed by atoms with Gasteiger partial charge in [-0.05, 0) is 36.8 Å². The minimum atomic E-state index is -0.279. The number of nitrogens with one attached hydrogen (secondary N) is 2. The van der Waals surface area contributed by atoms with Gasteiger partial charge in [0.2, 0.25) is 11.8 Å². The highest BCUT2D eigenvalue weighted by Crippen LogP contribution is 2.24. The SMILES string of the molecule is Cc1cccc(-c2nnc(SCC(=O)Nc3ccccc3C(=O)NCc3ccccc3)o2)c1. The number of carbonyl (C=O) groups excluding carboxylic acids is 2. The summed E-state index contributed by atoms with van der Waals surface area (Å²) in [5, 5.41) is 14.0. The van der Waals surface area contributed by atoms with E-state index in [9.17, 15) is 9.59 Å². The first kappa shape index (κ1) is 22.3. The number of amides is 2. The zero-order valence-corrected chi connectivity index (χ0v) is 18.8. The molecule has 2 amide bonds. The normalized spacial score (nSPS) is 10.6. The van der Waals surface area contributed by atoms with E-state index in [0.717, 1.165) is 28.5 Å². The Morgan fingerprint density at radius 3 is 2.55 bits per heavy atom. The lowest BCUT2D eigenvalue weighted by molar-refractivity contribution is -0.113. The van der Waals surface area contributed by atoms with Gasteiger partial charge in [-0.15, -0.1) is 10.2 Å². The van der Waals surface area contributed by atoms with Crippen LogP contribution in [0.4, 0.5) is 5.69 Å². The molecule has 2 N–H and O–H groups in total.